The lowest BCUT2D eigenvalue weighted by Gasteiger charge is -1.98. The van der Waals surface area contributed by atoms with E-state index in [-0.39, 0.29) is 6.15 Å². The molecule has 12 heteroatoms. The number of nitro groups is 2. The van der Waals surface area contributed by atoms with Gasteiger partial charge in [-0.25, -0.2) is 0 Å². The fourth-order valence-electron chi connectivity index (χ4n) is 0.518. The van der Waals surface area contributed by atoms with Gasteiger partial charge in [-0.2, -0.15) is 0 Å². The third-order valence-electron chi connectivity index (χ3n) is 0.846. The smallest absolute Gasteiger partial charge is 0.185 e. The summed E-state index contributed by atoms with van der Waals surface area (Å²) >= 11 is 0. The highest BCUT2D eigenvalue weighted by atomic mass is 16.7. The van der Waals surface area contributed by atoms with Crippen LogP contribution in [-0.2, 0) is 0 Å². The molecule has 4 N–H and O–H groups in total. The van der Waals surface area contributed by atoms with E-state index in [9.17, 15) is 20.2 Å². The van der Waals surface area contributed by atoms with Crippen molar-refractivity contribution in [1.82, 2.24) is 16.2 Å². The second-order valence-electron chi connectivity index (χ2n) is 1.68. The molecule has 1 aromatic heterocycles. The molecule has 0 atom stereocenters. The van der Waals surface area contributed by atoms with Crippen LogP contribution in [0.4, 0.5) is 0 Å². The summed E-state index contributed by atoms with van der Waals surface area (Å²) in [6.07, 6.45) is 2.08. The van der Waals surface area contributed by atoms with Crippen LogP contribution < -0.4 is 10.9 Å². The van der Waals surface area contributed by atoms with Gasteiger partial charge in [-0.05, 0) is 15.8 Å². The lowest BCUT2D eigenvalue weighted by atomic mass is 10.9. The second kappa shape index (κ2) is 4.51. The number of quaternary nitrogens is 1. The third kappa shape index (κ3) is 3.26. The van der Waals surface area contributed by atoms with Gasteiger partial charge in [0.2, 0.25) is 0 Å². The van der Waals surface area contributed by atoms with Crippen LogP contribution in [0, 0.1) is 20.2 Å². The fourth-order valence-corrected chi connectivity index (χ4v) is 0.518. The minimum absolute atomic E-state index is 0. The first kappa shape index (κ1) is 11.5. The molecule has 14 heavy (non-hydrogen) atoms. The van der Waals surface area contributed by atoms with Crippen LogP contribution >= 0.6 is 0 Å². The number of hydrogen-bond donors (Lipinski definition) is 1. The van der Waals surface area contributed by atoms with Crippen LogP contribution in [0.25, 0.3) is 11.1 Å². The summed E-state index contributed by atoms with van der Waals surface area (Å²) in [5.41, 5.74) is 5.42. The van der Waals surface area contributed by atoms with Crippen molar-refractivity contribution in [3.05, 3.63) is 43.7 Å². The zero-order valence-corrected chi connectivity index (χ0v) is 6.92. The van der Waals surface area contributed by atoms with Gasteiger partial charge in [0.05, 0.1) is 0 Å². The Morgan fingerprint density at radius 3 is 2.50 bits per heavy atom. The lowest BCUT2D eigenvalue weighted by Crippen LogP contribution is -2.34. The molecule has 0 aliphatic rings. The van der Waals surface area contributed by atoms with Crippen molar-refractivity contribution < 1.29 is 14.9 Å². The Morgan fingerprint density at radius 1 is 1.36 bits per heavy atom. The van der Waals surface area contributed by atoms with Gasteiger partial charge in [0.1, 0.15) is 0 Å². The van der Waals surface area contributed by atoms with Crippen molar-refractivity contribution in [2.45, 2.75) is 0 Å². The Bertz CT molecular complexity index is 301. The van der Waals surface area contributed by atoms with E-state index in [1.54, 1.807) is 0 Å². The van der Waals surface area contributed by atoms with Crippen LogP contribution in [0.2, 0.25) is 0 Å². The van der Waals surface area contributed by atoms with Crippen molar-refractivity contribution in [3.8, 4) is 0 Å². The summed E-state index contributed by atoms with van der Waals surface area (Å²) < 4.78 is 0. The normalized spacial score (nSPS) is 8.57. The molecule has 0 aliphatic carbocycles. The maximum atomic E-state index is 9.80. The van der Waals surface area contributed by atoms with E-state index in [0.717, 1.165) is 12.4 Å². The van der Waals surface area contributed by atoms with E-state index in [1.165, 1.54) is 0 Å². The highest BCUT2D eigenvalue weighted by Gasteiger charge is 2.01. The minimum atomic E-state index is -0.997. The molecule has 0 amide bonds. The zero-order chi connectivity index (χ0) is 9.84. The molecular formula is C2H6N8O4. The molecule has 0 aliphatic heterocycles. The summed E-state index contributed by atoms with van der Waals surface area (Å²) in [5, 5.41) is 20.8. The Balaban J connectivity index is 0.00000169. The molecule has 0 radical (unpaired) electrons. The van der Waals surface area contributed by atoms with Gasteiger partial charge in [0, 0.05) is 10.6 Å². The van der Waals surface area contributed by atoms with E-state index >= 15 is 0 Å². The predicted molar refractivity (Wildman–Crippen MR) is 39.9 cm³/mol. The Labute approximate surface area is 75.9 Å². The van der Waals surface area contributed by atoms with Crippen molar-refractivity contribution >= 4 is 0 Å². The topological polar surface area (TPSA) is 173 Å². The molecule has 0 saturated carbocycles. The Kier molecular flexibility index (Phi) is 3.70. The molecule has 1 aromatic rings. The summed E-state index contributed by atoms with van der Waals surface area (Å²) in [5.74, 6) is 0. The van der Waals surface area contributed by atoms with Crippen LogP contribution in [0.5, 0.6) is 0 Å². The van der Waals surface area contributed by atoms with E-state index in [2.05, 4.69) is 16.3 Å². The van der Waals surface area contributed by atoms with Crippen molar-refractivity contribution in [2.75, 3.05) is 0 Å². The Hall–Kier alpha value is -2.50. The van der Waals surface area contributed by atoms with Crippen LogP contribution in [0.3, 0.4) is 0 Å². The number of nitrogens with zero attached hydrogens (tertiary/aromatic N) is 7. The van der Waals surface area contributed by atoms with Gasteiger partial charge >= 0.3 is 0 Å². The van der Waals surface area contributed by atoms with Crippen LogP contribution in [0.1, 0.15) is 0 Å². The molecule has 0 spiro atoms. The van der Waals surface area contributed by atoms with E-state index in [4.69, 9.17) is 0 Å². The first-order valence-electron chi connectivity index (χ1n) is 2.78. The molecule has 0 aromatic carbocycles. The number of aromatic nitrogens is 3. The largest absolute Gasteiger partial charge is 0.369 e. The average Bonchev–Trinajstić information content (AvgIpc) is 2.33. The molecule has 0 fully saturated rings. The summed E-state index contributed by atoms with van der Waals surface area (Å²) in [4.78, 5) is 20.7. The zero-order valence-electron chi connectivity index (χ0n) is 6.92. The summed E-state index contributed by atoms with van der Waals surface area (Å²) in [6.45, 7) is 0. The molecule has 0 bridgehead atoms. The van der Waals surface area contributed by atoms with Gasteiger partial charge in [-0.15, -0.1) is 9.58 Å². The first-order valence-corrected chi connectivity index (χ1v) is 2.78. The summed E-state index contributed by atoms with van der Waals surface area (Å²) in [6, 6.07) is 0. The third-order valence-corrected chi connectivity index (χ3v) is 0.846. The second-order valence-corrected chi connectivity index (χ2v) is 1.68. The quantitative estimate of drug-likeness (QED) is 0.385. The molecule has 1 heterocycles. The van der Waals surface area contributed by atoms with Gasteiger partial charge in [0.15, 0.2) is 12.4 Å². The van der Waals surface area contributed by atoms with Gasteiger partial charge in [-0.3, -0.25) is 0 Å². The van der Waals surface area contributed by atoms with Gasteiger partial charge < -0.3 is 26.4 Å². The van der Waals surface area contributed by atoms with E-state index in [0.29, 0.717) is 9.58 Å². The molecule has 12 nitrogen and oxygen atoms in total. The average molecular weight is 206 g/mol. The highest BCUT2D eigenvalue weighted by molar-refractivity contribution is 4.65. The van der Waals surface area contributed by atoms with E-state index in [1.807, 2.05) is 0 Å². The standard InChI is InChI=1S/C2H2N7O4.H3N/c10-8(11)4-6-1-2-7(3-6)5-9(12)13;/h1-2H;1H3/q-1;/p+1. The monoisotopic (exact) mass is 206 g/mol. The summed E-state index contributed by atoms with van der Waals surface area (Å²) in [7, 11) is 0. The lowest BCUT2D eigenvalue weighted by molar-refractivity contribution is -0.781. The highest BCUT2D eigenvalue weighted by Crippen LogP contribution is 1.89. The van der Waals surface area contributed by atoms with Crippen LogP contribution in [-0.4, -0.2) is 20.1 Å². The molecule has 0 unspecified atom stereocenters. The minimum Gasteiger partial charge on any atom is -0.369 e. The Morgan fingerprint density at radius 2 is 2.00 bits per heavy atom. The molecule has 0 saturated heterocycles. The van der Waals surface area contributed by atoms with Gasteiger partial charge in [-0.1, -0.05) is 0 Å². The first-order chi connectivity index (χ1) is 6.08. The number of rotatable bonds is 4. The van der Waals surface area contributed by atoms with E-state index < -0.39 is 10.1 Å². The van der Waals surface area contributed by atoms with Crippen molar-refractivity contribution in [1.29, 1.82) is 0 Å². The fraction of sp³-hybridized carbons (Fsp3) is 0. The van der Waals surface area contributed by atoms with Crippen molar-refractivity contribution in [3.63, 3.8) is 0 Å². The molecule has 78 valence electrons. The maximum absolute atomic E-state index is 9.80. The number of hydrogen-bond acceptors (Lipinski definition) is 5. The molecular weight excluding hydrogens is 200 g/mol. The van der Waals surface area contributed by atoms with Gasteiger partial charge in [0.25, 0.3) is 0 Å². The maximum Gasteiger partial charge on any atom is 0.185 e. The SMILES string of the molecule is O=[N+]([O-])[N-]n1cc[n+]([N-][N+](=O)[O-])n1.[NH4+]. The van der Waals surface area contributed by atoms with Crippen molar-refractivity contribution in [2.24, 2.45) is 0 Å². The van der Waals surface area contributed by atoms with Crippen LogP contribution in [0.15, 0.2) is 12.4 Å². The molecule has 1 rings (SSSR count). The predicted octanol–water partition coefficient (Wildman–Crippen LogP) is -0.796.